The van der Waals surface area contributed by atoms with Gasteiger partial charge in [0.2, 0.25) is 10.0 Å². The molecule has 3 rings (SSSR count). The molecule has 0 bridgehead atoms. The topological polar surface area (TPSA) is 106 Å². The predicted molar refractivity (Wildman–Crippen MR) is 107 cm³/mol. The van der Waals surface area contributed by atoms with Crippen molar-refractivity contribution >= 4 is 27.0 Å². The molecular weight excluding hydrogens is 435 g/mol. The Hall–Kier alpha value is -2.99. The molecule has 166 valence electrons. The van der Waals surface area contributed by atoms with E-state index in [-0.39, 0.29) is 21.9 Å². The first-order valence-corrected chi connectivity index (χ1v) is 10.7. The van der Waals surface area contributed by atoms with Gasteiger partial charge in [-0.15, -0.1) is 0 Å². The zero-order valence-electron chi connectivity index (χ0n) is 16.9. The Morgan fingerprint density at radius 3 is 2.48 bits per heavy atom. The fourth-order valence-electron chi connectivity index (χ4n) is 3.14. The Kier molecular flexibility index (Phi) is 6.05. The van der Waals surface area contributed by atoms with Crippen LogP contribution in [-0.4, -0.2) is 35.9 Å². The number of carbonyl (C=O) groups excluding carboxylic acids is 1. The second-order valence-corrected chi connectivity index (χ2v) is 8.43. The summed E-state index contributed by atoms with van der Waals surface area (Å²) >= 11 is 0. The standard InChI is InChI=1S/C19H20F3N5O3S/c1-4-27-16-9-12(19(20,21)22)5-7-14(16)25-17(27)11(2)26-31(29,30)13-6-8-15(24-10-13)18(28)23-3/h5-11,26H,4H2,1-3H3,(H,23,28). The normalized spacial score (nSPS) is 13.4. The number of imidazole rings is 1. The van der Waals surface area contributed by atoms with Crippen LogP contribution in [-0.2, 0) is 22.7 Å². The molecule has 3 aromatic rings. The van der Waals surface area contributed by atoms with Crippen molar-refractivity contribution in [2.45, 2.75) is 37.5 Å². The number of hydrogen-bond donors (Lipinski definition) is 2. The van der Waals surface area contributed by atoms with E-state index in [0.29, 0.717) is 12.1 Å². The van der Waals surface area contributed by atoms with Gasteiger partial charge in [0, 0.05) is 19.8 Å². The van der Waals surface area contributed by atoms with Gasteiger partial charge < -0.3 is 9.88 Å². The minimum Gasteiger partial charge on any atom is -0.354 e. The first-order chi connectivity index (χ1) is 14.5. The van der Waals surface area contributed by atoms with Crippen LogP contribution in [0.4, 0.5) is 13.2 Å². The molecule has 0 saturated heterocycles. The van der Waals surface area contributed by atoms with E-state index >= 15 is 0 Å². The number of aryl methyl sites for hydroxylation is 1. The van der Waals surface area contributed by atoms with Crippen molar-refractivity contribution in [1.82, 2.24) is 24.6 Å². The van der Waals surface area contributed by atoms with E-state index in [1.54, 1.807) is 13.8 Å². The Balaban J connectivity index is 1.93. The van der Waals surface area contributed by atoms with E-state index in [2.05, 4.69) is 20.0 Å². The van der Waals surface area contributed by atoms with E-state index in [1.165, 1.54) is 29.8 Å². The minimum atomic E-state index is -4.50. The van der Waals surface area contributed by atoms with Gasteiger partial charge in [-0.25, -0.2) is 23.1 Å². The summed E-state index contributed by atoms with van der Waals surface area (Å²) in [6.07, 6.45) is -3.45. The van der Waals surface area contributed by atoms with E-state index in [1.807, 2.05) is 0 Å². The summed E-state index contributed by atoms with van der Waals surface area (Å²) in [4.78, 5) is 19.6. The Morgan fingerprint density at radius 2 is 1.94 bits per heavy atom. The number of benzene rings is 1. The number of rotatable bonds is 6. The summed E-state index contributed by atoms with van der Waals surface area (Å²) in [5.74, 6) is -0.185. The Morgan fingerprint density at radius 1 is 1.23 bits per heavy atom. The fourth-order valence-corrected chi connectivity index (χ4v) is 4.28. The number of pyridine rings is 1. The van der Waals surface area contributed by atoms with Crippen LogP contribution in [0.25, 0.3) is 11.0 Å². The molecule has 8 nitrogen and oxygen atoms in total. The van der Waals surface area contributed by atoms with Crippen LogP contribution in [0.3, 0.4) is 0 Å². The van der Waals surface area contributed by atoms with Crippen molar-refractivity contribution in [3.05, 3.63) is 53.6 Å². The number of carbonyl (C=O) groups is 1. The summed E-state index contributed by atoms with van der Waals surface area (Å²) in [7, 11) is -2.60. The van der Waals surface area contributed by atoms with Gasteiger partial charge in [0.05, 0.1) is 22.6 Å². The third kappa shape index (κ3) is 4.54. The van der Waals surface area contributed by atoms with Crippen LogP contribution in [0.2, 0.25) is 0 Å². The van der Waals surface area contributed by atoms with Crippen molar-refractivity contribution < 1.29 is 26.4 Å². The molecular formula is C19H20F3N5O3S. The van der Waals surface area contributed by atoms with Gasteiger partial charge in [0.25, 0.3) is 5.91 Å². The highest BCUT2D eigenvalue weighted by Gasteiger charge is 2.31. The average Bonchev–Trinajstić information content (AvgIpc) is 3.10. The summed E-state index contributed by atoms with van der Waals surface area (Å²) < 4.78 is 68.7. The fraction of sp³-hybridized carbons (Fsp3) is 0.316. The molecule has 2 aromatic heterocycles. The Bertz CT molecular complexity index is 1220. The lowest BCUT2D eigenvalue weighted by Crippen LogP contribution is -2.29. The van der Waals surface area contributed by atoms with Gasteiger partial charge in [0.1, 0.15) is 16.4 Å². The molecule has 1 amide bonds. The maximum absolute atomic E-state index is 13.1. The average molecular weight is 455 g/mol. The van der Waals surface area contributed by atoms with Crippen LogP contribution in [0.5, 0.6) is 0 Å². The summed E-state index contributed by atoms with van der Waals surface area (Å²) in [5.41, 5.74) is -0.165. The smallest absolute Gasteiger partial charge is 0.354 e. The molecule has 1 unspecified atom stereocenters. The van der Waals surface area contributed by atoms with Gasteiger partial charge in [-0.05, 0) is 44.2 Å². The van der Waals surface area contributed by atoms with Gasteiger partial charge in [-0.1, -0.05) is 0 Å². The lowest BCUT2D eigenvalue weighted by molar-refractivity contribution is -0.137. The molecule has 0 aliphatic carbocycles. The van der Waals surface area contributed by atoms with Crippen molar-refractivity contribution in [3.63, 3.8) is 0 Å². The zero-order valence-corrected chi connectivity index (χ0v) is 17.7. The molecule has 2 N–H and O–H groups in total. The highest BCUT2D eigenvalue weighted by atomic mass is 32.2. The third-order valence-corrected chi connectivity index (χ3v) is 6.17. The van der Waals surface area contributed by atoms with Crippen molar-refractivity contribution in [2.24, 2.45) is 0 Å². The van der Waals surface area contributed by atoms with Crippen molar-refractivity contribution in [2.75, 3.05) is 7.05 Å². The molecule has 0 spiro atoms. The van der Waals surface area contributed by atoms with Crippen LogP contribution < -0.4 is 10.0 Å². The number of amides is 1. The molecule has 0 radical (unpaired) electrons. The number of halogens is 3. The maximum atomic E-state index is 13.1. The van der Waals surface area contributed by atoms with Crippen molar-refractivity contribution in [3.8, 4) is 0 Å². The van der Waals surface area contributed by atoms with E-state index in [4.69, 9.17) is 0 Å². The van der Waals surface area contributed by atoms with Gasteiger partial charge in [-0.2, -0.15) is 13.2 Å². The Labute approximate surface area is 176 Å². The van der Waals surface area contributed by atoms with E-state index < -0.39 is 33.7 Å². The van der Waals surface area contributed by atoms with Crippen LogP contribution in [0.15, 0.2) is 41.4 Å². The van der Waals surface area contributed by atoms with Crippen LogP contribution in [0.1, 0.15) is 41.8 Å². The molecule has 31 heavy (non-hydrogen) atoms. The number of nitrogens with zero attached hydrogens (tertiary/aromatic N) is 3. The molecule has 2 heterocycles. The second-order valence-electron chi connectivity index (χ2n) is 6.72. The lowest BCUT2D eigenvalue weighted by Gasteiger charge is -2.16. The van der Waals surface area contributed by atoms with Gasteiger partial charge in [0.15, 0.2) is 0 Å². The quantitative estimate of drug-likeness (QED) is 0.595. The molecule has 0 saturated carbocycles. The number of sulfonamides is 1. The minimum absolute atomic E-state index is 0.0581. The molecule has 0 aliphatic rings. The third-order valence-electron chi connectivity index (χ3n) is 4.65. The highest BCUT2D eigenvalue weighted by Crippen LogP contribution is 2.32. The first kappa shape index (κ1) is 22.7. The lowest BCUT2D eigenvalue weighted by atomic mass is 10.2. The number of fused-ring (bicyclic) bond motifs is 1. The molecule has 1 aromatic carbocycles. The number of nitrogens with one attached hydrogen (secondary N) is 2. The molecule has 12 heteroatoms. The van der Waals surface area contributed by atoms with E-state index in [0.717, 1.165) is 18.3 Å². The number of alkyl halides is 3. The summed E-state index contributed by atoms with van der Waals surface area (Å²) in [5, 5.41) is 2.38. The number of hydrogen-bond acceptors (Lipinski definition) is 5. The summed E-state index contributed by atoms with van der Waals surface area (Å²) in [6, 6.07) is 4.87. The molecule has 0 fully saturated rings. The number of aromatic nitrogens is 3. The second kappa shape index (κ2) is 8.27. The van der Waals surface area contributed by atoms with Crippen LogP contribution >= 0.6 is 0 Å². The van der Waals surface area contributed by atoms with E-state index in [9.17, 15) is 26.4 Å². The van der Waals surface area contributed by atoms with Crippen molar-refractivity contribution in [1.29, 1.82) is 0 Å². The molecule has 0 aliphatic heterocycles. The van der Waals surface area contributed by atoms with Crippen LogP contribution in [0, 0.1) is 0 Å². The largest absolute Gasteiger partial charge is 0.416 e. The predicted octanol–water partition coefficient (Wildman–Crippen LogP) is 2.87. The summed E-state index contributed by atoms with van der Waals surface area (Å²) in [6.45, 7) is 3.57. The molecule has 1 atom stereocenters. The SMILES string of the molecule is CCn1c(C(C)NS(=O)(=O)c2ccc(C(=O)NC)nc2)nc2ccc(C(F)(F)F)cc21. The van der Waals surface area contributed by atoms with Gasteiger partial charge in [-0.3, -0.25) is 4.79 Å². The maximum Gasteiger partial charge on any atom is 0.416 e. The highest BCUT2D eigenvalue weighted by molar-refractivity contribution is 7.89. The first-order valence-electron chi connectivity index (χ1n) is 9.25. The monoisotopic (exact) mass is 455 g/mol. The zero-order chi connectivity index (χ0) is 23.0. The van der Waals surface area contributed by atoms with Gasteiger partial charge >= 0.3 is 6.18 Å².